The third kappa shape index (κ3) is 2.97. The van der Waals surface area contributed by atoms with E-state index < -0.39 is 11.9 Å². The first-order chi connectivity index (χ1) is 12.3. The predicted molar refractivity (Wildman–Crippen MR) is 98.4 cm³/mol. The van der Waals surface area contributed by atoms with Gasteiger partial charge in [0.05, 0.1) is 23.4 Å². The Morgan fingerprint density at radius 1 is 1.27 bits per heavy atom. The van der Waals surface area contributed by atoms with Crippen molar-refractivity contribution in [3.05, 3.63) is 35.4 Å². The van der Waals surface area contributed by atoms with E-state index in [4.69, 9.17) is 9.94 Å². The summed E-state index contributed by atoms with van der Waals surface area (Å²) >= 11 is 0. The summed E-state index contributed by atoms with van der Waals surface area (Å²) in [5.41, 5.74) is 1.61. The molecule has 2 bridgehead atoms. The lowest BCUT2D eigenvalue weighted by atomic mass is 9.70. The number of carboxylic acid groups (broad SMARTS) is 1. The van der Waals surface area contributed by atoms with E-state index in [0.29, 0.717) is 5.92 Å². The molecule has 0 spiro atoms. The van der Waals surface area contributed by atoms with Crippen LogP contribution in [-0.4, -0.2) is 35.8 Å². The molecule has 0 heterocycles. The number of aromatic carboxylic acids is 1. The van der Waals surface area contributed by atoms with E-state index in [1.807, 2.05) is 0 Å². The Balaban J connectivity index is 1.51. The number of carbonyl (C=O) groups is 2. The van der Waals surface area contributed by atoms with Gasteiger partial charge in [0, 0.05) is 5.41 Å². The van der Waals surface area contributed by atoms with Crippen LogP contribution in [0.25, 0.3) is 0 Å². The van der Waals surface area contributed by atoms with Gasteiger partial charge >= 0.3 is 5.97 Å². The predicted octanol–water partition coefficient (Wildman–Crippen LogP) is 3.33. The number of hydrogen-bond donors (Lipinski definition) is 2. The van der Waals surface area contributed by atoms with Crippen LogP contribution in [0.15, 0.2) is 29.4 Å². The minimum Gasteiger partial charge on any atom is -0.478 e. The Morgan fingerprint density at radius 2 is 1.96 bits per heavy atom. The van der Waals surface area contributed by atoms with Crippen LogP contribution in [0.4, 0.5) is 0 Å². The van der Waals surface area contributed by atoms with Crippen LogP contribution >= 0.6 is 0 Å². The fraction of sp³-hybridized carbons (Fsp3) is 0.550. The molecular weight excluding hydrogens is 332 g/mol. The van der Waals surface area contributed by atoms with E-state index in [1.165, 1.54) is 18.6 Å². The third-order valence-corrected chi connectivity index (χ3v) is 6.57. The molecule has 6 nitrogen and oxygen atoms in total. The van der Waals surface area contributed by atoms with Crippen LogP contribution in [0.2, 0.25) is 0 Å². The maximum absolute atomic E-state index is 12.2. The Morgan fingerprint density at radius 3 is 2.54 bits per heavy atom. The number of amides is 1. The molecule has 2 atom stereocenters. The molecule has 0 saturated heterocycles. The minimum absolute atomic E-state index is 0.0108. The van der Waals surface area contributed by atoms with Crippen molar-refractivity contribution in [1.29, 1.82) is 0 Å². The average Bonchev–Trinajstić information content (AvgIpc) is 2.94. The van der Waals surface area contributed by atoms with Crippen molar-refractivity contribution < 1.29 is 19.5 Å². The second kappa shape index (κ2) is 6.74. The van der Waals surface area contributed by atoms with E-state index >= 15 is 0 Å². The molecule has 2 aliphatic carbocycles. The molecule has 2 N–H and O–H groups in total. The molecule has 0 aliphatic heterocycles. The fourth-order valence-electron chi connectivity index (χ4n) is 4.36. The molecule has 0 aromatic heterocycles. The smallest absolute Gasteiger partial charge is 0.336 e. The summed E-state index contributed by atoms with van der Waals surface area (Å²) in [6.45, 7) is 7.42. The summed E-state index contributed by atoms with van der Waals surface area (Å²) in [7, 11) is 0. The van der Waals surface area contributed by atoms with Crippen LogP contribution in [0.1, 0.15) is 60.7 Å². The van der Waals surface area contributed by atoms with E-state index in [9.17, 15) is 9.59 Å². The highest BCUT2D eigenvalue weighted by molar-refractivity contribution is 6.04. The summed E-state index contributed by atoms with van der Waals surface area (Å²) in [6.07, 6.45) is 3.39. The van der Waals surface area contributed by atoms with Gasteiger partial charge in [0.15, 0.2) is 0 Å². The van der Waals surface area contributed by atoms with Gasteiger partial charge in [-0.1, -0.05) is 38.1 Å². The first kappa shape index (κ1) is 18.4. The second-order valence-electron chi connectivity index (χ2n) is 7.97. The number of nitrogens with one attached hydrogen (secondary N) is 1. The number of fused-ring (bicyclic) bond motifs is 2. The van der Waals surface area contributed by atoms with Gasteiger partial charge in [-0.3, -0.25) is 4.79 Å². The molecule has 1 amide bonds. The lowest BCUT2D eigenvalue weighted by Gasteiger charge is -2.34. The van der Waals surface area contributed by atoms with Crippen LogP contribution in [0.5, 0.6) is 0 Å². The van der Waals surface area contributed by atoms with Crippen molar-refractivity contribution in [3.8, 4) is 0 Å². The summed E-state index contributed by atoms with van der Waals surface area (Å²) in [4.78, 5) is 28.8. The standard InChI is InChI=1S/C20H26N2O4/c1-19(2)13-8-9-20(19,3)16(12-13)22-26-11-10-21-17(23)14-6-4-5-7-15(14)18(24)25/h4-7,13H,8-12H2,1-3H3,(H,21,23)(H,24,25)/b22-16+. The SMILES string of the molecule is CC12CCC(C/C1=N\OCCNC(=O)c1ccccc1C(=O)O)C2(C)C. The maximum Gasteiger partial charge on any atom is 0.336 e. The van der Waals surface area contributed by atoms with Gasteiger partial charge in [0.2, 0.25) is 0 Å². The summed E-state index contributed by atoms with van der Waals surface area (Å²) < 4.78 is 0. The molecule has 2 saturated carbocycles. The van der Waals surface area contributed by atoms with Crippen molar-refractivity contribution in [2.24, 2.45) is 21.9 Å². The van der Waals surface area contributed by atoms with Gasteiger partial charge in [-0.15, -0.1) is 0 Å². The number of carbonyl (C=O) groups excluding carboxylic acids is 1. The zero-order chi connectivity index (χ0) is 18.9. The largest absolute Gasteiger partial charge is 0.478 e. The highest BCUT2D eigenvalue weighted by Gasteiger charge is 2.60. The van der Waals surface area contributed by atoms with Crippen molar-refractivity contribution in [3.63, 3.8) is 0 Å². The molecule has 140 valence electrons. The number of nitrogens with zero attached hydrogens (tertiary/aromatic N) is 1. The zero-order valence-electron chi connectivity index (χ0n) is 15.5. The normalized spacial score (nSPS) is 27.5. The Bertz CT molecular complexity index is 756. The van der Waals surface area contributed by atoms with Gasteiger partial charge in [-0.25, -0.2) is 4.79 Å². The van der Waals surface area contributed by atoms with Crippen LogP contribution in [0.3, 0.4) is 0 Å². The first-order valence-electron chi connectivity index (χ1n) is 9.07. The van der Waals surface area contributed by atoms with Gasteiger partial charge in [0.1, 0.15) is 6.61 Å². The number of rotatable bonds is 6. The Labute approximate surface area is 153 Å². The van der Waals surface area contributed by atoms with E-state index in [0.717, 1.165) is 18.6 Å². The molecule has 1 aromatic carbocycles. The topological polar surface area (TPSA) is 88.0 Å². The number of carboxylic acids is 1. The number of benzene rings is 1. The van der Waals surface area contributed by atoms with Crippen LogP contribution in [0, 0.1) is 16.7 Å². The average molecular weight is 358 g/mol. The van der Waals surface area contributed by atoms with Gasteiger partial charge in [0.25, 0.3) is 5.91 Å². The third-order valence-electron chi connectivity index (χ3n) is 6.57. The molecule has 6 heteroatoms. The summed E-state index contributed by atoms with van der Waals surface area (Å²) in [5.74, 6) is -0.875. The van der Waals surface area contributed by atoms with Gasteiger partial charge in [-0.05, 0) is 42.7 Å². The summed E-state index contributed by atoms with van der Waals surface area (Å²) in [6, 6.07) is 6.15. The van der Waals surface area contributed by atoms with Gasteiger partial charge < -0.3 is 15.3 Å². The van der Waals surface area contributed by atoms with Crippen molar-refractivity contribution in [1.82, 2.24) is 5.32 Å². The lowest BCUT2D eigenvalue weighted by Crippen LogP contribution is -2.33. The van der Waals surface area contributed by atoms with Crippen LogP contribution in [-0.2, 0) is 4.84 Å². The van der Waals surface area contributed by atoms with E-state index in [-0.39, 0.29) is 35.1 Å². The Kier molecular flexibility index (Phi) is 4.78. The molecule has 26 heavy (non-hydrogen) atoms. The van der Waals surface area contributed by atoms with Crippen molar-refractivity contribution in [2.45, 2.75) is 40.0 Å². The maximum atomic E-state index is 12.2. The molecule has 1 aromatic rings. The highest BCUT2D eigenvalue weighted by Crippen LogP contribution is 2.63. The minimum atomic E-state index is -1.12. The molecule has 0 radical (unpaired) electrons. The highest BCUT2D eigenvalue weighted by atomic mass is 16.6. The zero-order valence-corrected chi connectivity index (χ0v) is 15.5. The summed E-state index contributed by atoms with van der Waals surface area (Å²) in [5, 5.41) is 16.2. The van der Waals surface area contributed by atoms with E-state index in [1.54, 1.807) is 12.1 Å². The molecule has 2 aliphatic rings. The molecule has 3 rings (SSSR count). The van der Waals surface area contributed by atoms with E-state index in [2.05, 4.69) is 31.2 Å². The quantitative estimate of drug-likeness (QED) is 0.603. The monoisotopic (exact) mass is 358 g/mol. The molecule has 2 unspecified atom stereocenters. The second-order valence-corrected chi connectivity index (χ2v) is 7.97. The number of hydrogen-bond acceptors (Lipinski definition) is 4. The molecule has 2 fully saturated rings. The van der Waals surface area contributed by atoms with Crippen molar-refractivity contribution in [2.75, 3.05) is 13.2 Å². The Hall–Kier alpha value is -2.37. The lowest BCUT2D eigenvalue weighted by molar-refractivity contribution is 0.0690. The van der Waals surface area contributed by atoms with Crippen molar-refractivity contribution >= 4 is 17.6 Å². The number of oxime groups is 1. The fourth-order valence-corrected chi connectivity index (χ4v) is 4.36. The molecular formula is C20H26N2O4. The first-order valence-corrected chi connectivity index (χ1v) is 9.07. The van der Waals surface area contributed by atoms with Crippen LogP contribution < -0.4 is 5.32 Å². The van der Waals surface area contributed by atoms with Gasteiger partial charge in [-0.2, -0.15) is 0 Å².